The summed E-state index contributed by atoms with van der Waals surface area (Å²) < 4.78 is 42.7. The number of rotatable bonds is 6. The molecule has 0 radical (unpaired) electrons. The van der Waals surface area contributed by atoms with Crippen molar-refractivity contribution in [1.82, 2.24) is 4.31 Å². The van der Waals surface area contributed by atoms with Gasteiger partial charge in [0.25, 0.3) is 5.91 Å². The first-order chi connectivity index (χ1) is 13.5. The van der Waals surface area contributed by atoms with E-state index in [9.17, 15) is 13.2 Å². The molecular weight excluding hydrogens is 384 g/mol. The van der Waals surface area contributed by atoms with Crippen LogP contribution in [0.15, 0.2) is 47.4 Å². The van der Waals surface area contributed by atoms with Crippen molar-refractivity contribution in [2.45, 2.75) is 4.90 Å². The molecule has 1 heterocycles. The molecule has 28 heavy (non-hydrogen) atoms. The van der Waals surface area contributed by atoms with Crippen LogP contribution in [0.4, 0.5) is 5.69 Å². The molecule has 9 heteroatoms. The summed E-state index contributed by atoms with van der Waals surface area (Å²) in [6.45, 7) is 1.34. The molecule has 0 atom stereocenters. The normalized spacial score (nSPS) is 15.1. The van der Waals surface area contributed by atoms with Crippen molar-refractivity contribution < 1.29 is 27.4 Å². The SMILES string of the molecule is COc1cccc(C(=O)Nc2cccc(S(=O)(=O)N3CCOCC3)c2)c1OC. The van der Waals surface area contributed by atoms with Crippen LogP contribution in [0.25, 0.3) is 0 Å². The number of ether oxygens (including phenoxy) is 3. The molecule has 3 rings (SSSR count). The number of hydrogen-bond acceptors (Lipinski definition) is 6. The van der Waals surface area contributed by atoms with Crippen molar-refractivity contribution in [3.05, 3.63) is 48.0 Å². The highest BCUT2D eigenvalue weighted by atomic mass is 32.2. The van der Waals surface area contributed by atoms with E-state index in [4.69, 9.17) is 14.2 Å². The van der Waals surface area contributed by atoms with Crippen LogP contribution in [0.1, 0.15) is 10.4 Å². The summed E-state index contributed by atoms with van der Waals surface area (Å²) in [5.41, 5.74) is 0.646. The molecule has 1 N–H and O–H groups in total. The molecule has 0 spiro atoms. The van der Waals surface area contributed by atoms with Gasteiger partial charge in [-0.25, -0.2) is 8.42 Å². The zero-order valence-corrected chi connectivity index (χ0v) is 16.5. The summed E-state index contributed by atoms with van der Waals surface area (Å²) in [6.07, 6.45) is 0. The quantitative estimate of drug-likeness (QED) is 0.788. The van der Waals surface area contributed by atoms with E-state index in [0.29, 0.717) is 43.5 Å². The second-order valence-corrected chi connectivity index (χ2v) is 7.98. The minimum absolute atomic E-state index is 0.116. The molecule has 0 unspecified atom stereocenters. The Labute approximate surface area is 164 Å². The second kappa shape index (κ2) is 8.59. The Morgan fingerprint density at radius 1 is 1.07 bits per heavy atom. The van der Waals surface area contributed by atoms with E-state index in [1.54, 1.807) is 30.3 Å². The van der Waals surface area contributed by atoms with Crippen LogP contribution in [0.5, 0.6) is 11.5 Å². The topological polar surface area (TPSA) is 94.2 Å². The lowest BCUT2D eigenvalue weighted by molar-refractivity contribution is 0.0730. The number of sulfonamides is 1. The Morgan fingerprint density at radius 2 is 1.79 bits per heavy atom. The van der Waals surface area contributed by atoms with Crippen LogP contribution in [0.2, 0.25) is 0 Å². The third-order valence-electron chi connectivity index (χ3n) is 4.35. The number of carbonyl (C=O) groups excluding carboxylic acids is 1. The van der Waals surface area contributed by atoms with Gasteiger partial charge in [-0.1, -0.05) is 12.1 Å². The largest absolute Gasteiger partial charge is 0.493 e. The van der Waals surface area contributed by atoms with Crippen LogP contribution in [0, 0.1) is 0 Å². The number of para-hydroxylation sites is 1. The highest BCUT2D eigenvalue weighted by Crippen LogP contribution is 2.31. The van der Waals surface area contributed by atoms with Gasteiger partial charge in [0.1, 0.15) is 0 Å². The Kier molecular flexibility index (Phi) is 6.18. The number of carbonyl (C=O) groups is 1. The molecule has 8 nitrogen and oxygen atoms in total. The molecule has 1 fully saturated rings. The Morgan fingerprint density at radius 3 is 2.46 bits per heavy atom. The first-order valence-corrected chi connectivity index (χ1v) is 10.1. The zero-order chi connectivity index (χ0) is 20.1. The average molecular weight is 406 g/mol. The van der Waals surface area contributed by atoms with Crippen molar-refractivity contribution in [2.24, 2.45) is 0 Å². The van der Waals surface area contributed by atoms with Gasteiger partial charge >= 0.3 is 0 Å². The average Bonchev–Trinajstić information content (AvgIpc) is 2.73. The molecular formula is C19H22N2O6S. The van der Waals surface area contributed by atoms with E-state index in [1.807, 2.05) is 0 Å². The number of morpholine rings is 1. The van der Waals surface area contributed by atoms with Gasteiger partial charge in [-0.2, -0.15) is 4.31 Å². The number of hydrogen-bond donors (Lipinski definition) is 1. The summed E-state index contributed by atoms with van der Waals surface area (Å²) in [6, 6.07) is 11.1. The van der Waals surface area contributed by atoms with Gasteiger partial charge in [0, 0.05) is 18.8 Å². The van der Waals surface area contributed by atoms with E-state index in [-0.39, 0.29) is 10.5 Å². The summed E-state index contributed by atoms with van der Waals surface area (Å²) in [4.78, 5) is 12.8. The van der Waals surface area contributed by atoms with Crippen LogP contribution in [0.3, 0.4) is 0 Å². The number of nitrogens with one attached hydrogen (secondary N) is 1. The third-order valence-corrected chi connectivity index (χ3v) is 6.24. The monoisotopic (exact) mass is 406 g/mol. The Hall–Kier alpha value is -2.62. The van der Waals surface area contributed by atoms with Gasteiger partial charge in [0.15, 0.2) is 11.5 Å². The molecule has 1 aliphatic heterocycles. The van der Waals surface area contributed by atoms with Crippen LogP contribution < -0.4 is 14.8 Å². The number of nitrogens with zero attached hydrogens (tertiary/aromatic N) is 1. The highest BCUT2D eigenvalue weighted by molar-refractivity contribution is 7.89. The summed E-state index contributed by atoms with van der Waals surface area (Å²) in [7, 11) is -0.717. The first kappa shape index (κ1) is 20.1. The minimum atomic E-state index is -3.65. The van der Waals surface area contributed by atoms with E-state index >= 15 is 0 Å². The molecule has 2 aromatic carbocycles. The van der Waals surface area contributed by atoms with E-state index in [2.05, 4.69) is 5.32 Å². The third kappa shape index (κ3) is 4.11. The van der Waals surface area contributed by atoms with Gasteiger partial charge in [-0.3, -0.25) is 4.79 Å². The predicted octanol–water partition coefficient (Wildman–Crippen LogP) is 1.98. The fraction of sp³-hybridized carbons (Fsp3) is 0.316. The fourth-order valence-electron chi connectivity index (χ4n) is 2.93. The first-order valence-electron chi connectivity index (χ1n) is 8.67. The molecule has 150 valence electrons. The van der Waals surface area contributed by atoms with Crippen LogP contribution >= 0.6 is 0 Å². The Bertz CT molecular complexity index is 955. The lowest BCUT2D eigenvalue weighted by Crippen LogP contribution is -2.40. The van der Waals surface area contributed by atoms with Gasteiger partial charge in [-0.05, 0) is 30.3 Å². The molecule has 1 amide bonds. The molecule has 1 aliphatic rings. The van der Waals surface area contributed by atoms with E-state index in [0.717, 1.165) is 0 Å². The van der Waals surface area contributed by atoms with Crippen molar-refractivity contribution in [1.29, 1.82) is 0 Å². The molecule has 1 saturated heterocycles. The maximum atomic E-state index is 12.8. The smallest absolute Gasteiger partial charge is 0.259 e. The van der Waals surface area contributed by atoms with Gasteiger partial charge < -0.3 is 19.5 Å². The second-order valence-electron chi connectivity index (χ2n) is 6.04. The van der Waals surface area contributed by atoms with Crippen molar-refractivity contribution in [3.63, 3.8) is 0 Å². The maximum absolute atomic E-state index is 12.8. The standard InChI is InChI=1S/C19H22N2O6S/c1-25-17-8-4-7-16(18(17)26-2)19(22)20-14-5-3-6-15(13-14)28(23,24)21-9-11-27-12-10-21/h3-8,13H,9-12H2,1-2H3,(H,20,22). The minimum Gasteiger partial charge on any atom is -0.493 e. The molecule has 0 aliphatic carbocycles. The Balaban J connectivity index is 1.84. The number of anilines is 1. The lowest BCUT2D eigenvalue weighted by atomic mass is 10.1. The summed E-state index contributed by atoms with van der Waals surface area (Å²) >= 11 is 0. The number of methoxy groups -OCH3 is 2. The number of amides is 1. The van der Waals surface area contributed by atoms with Crippen LogP contribution in [-0.4, -0.2) is 59.2 Å². The number of benzene rings is 2. The van der Waals surface area contributed by atoms with E-state index in [1.165, 1.54) is 30.7 Å². The lowest BCUT2D eigenvalue weighted by Gasteiger charge is -2.26. The summed E-state index contributed by atoms with van der Waals surface area (Å²) in [5.74, 6) is 0.301. The molecule has 0 saturated carbocycles. The maximum Gasteiger partial charge on any atom is 0.259 e. The van der Waals surface area contributed by atoms with Crippen molar-refractivity contribution in [3.8, 4) is 11.5 Å². The highest BCUT2D eigenvalue weighted by Gasteiger charge is 2.26. The fourth-order valence-corrected chi connectivity index (χ4v) is 4.39. The van der Waals surface area contributed by atoms with Crippen LogP contribution in [-0.2, 0) is 14.8 Å². The van der Waals surface area contributed by atoms with Crippen molar-refractivity contribution >= 4 is 21.6 Å². The van der Waals surface area contributed by atoms with E-state index < -0.39 is 15.9 Å². The van der Waals surface area contributed by atoms with Gasteiger partial charge in [0.2, 0.25) is 10.0 Å². The summed E-state index contributed by atoms with van der Waals surface area (Å²) in [5, 5.41) is 2.72. The van der Waals surface area contributed by atoms with Gasteiger partial charge in [-0.15, -0.1) is 0 Å². The molecule has 0 aromatic heterocycles. The molecule has 2 aromatic rings. The van der Waals surface area contributed by atoms with Gasteiger partial charge in [0.05, 0.1) is 37.9 Å². The molecule has 0 bridgehead atoms. The van der Waals surface area contributed by atoms with Crippen molar-refractivity contribution in [2.75, 3.05) is 45.8 Å². The predicted molar refractivity (Wildman–Crippen MR) is 104 cm³/mol. The zero-order valence-electron chi connectivity index (χ0n) is 15.7.